The zero-order valence-corrected chi connectivity index (χ0v) is 18.5. The first kappa shape index (κ1) is 19.6. The normalized spacial score (nSPS) is 12.3. The fraction of sp³-hybridized carbons (Fsp3) is 0.0625. The van der Waals surface area contributed by atoms with E-state index in [0.717, 1.165) is 16.7 Å². The summed E-state index contributed by atoms with van der Waals surface area (Å²) in [6, 6.07) is 43.0. The molecule has 0 radical (unpaired) electrons. The first-order valence-corrected chi connectivity index (χ1v) is 11.4. The average Bonchev–Trinajstić information content (AvgIpc) is 3.28. The quantitative estimate of drug-likeness (QED) is 0.275. The summed E-state index contributed by atoms with van der Waals surface area (Å²) in [6.45, 7) is 2.27. The van der Waals surface area contributed by atoms with Crippen LogP contribution in [0.25, 0.3) is 44.2 Å². The zero-order valence-electron chi connectivity index (χ0n) is 18.5. The highest BCUT2D eigenvalue weighted by atomic mass is 16.3. The summed E-state index contributed by atoms with van der Waals surface area (Å²) in [5.74, 6) is 0.325. The Hall–Kier alpha value is -4.10. The molecule has 158 valence electrons. The number of fused-ring (bicyclic) bond motifs is 3. The second kappa shape index (κ2) is 8.11. The summed E-state index contributed by atoms with van der Waals surface area (Å²) in [5.41, 5.74) is 9.33. The zero-order chi connectivity index (χ0) is 22.2. The number of benzene rings is 5. The minimum atomic E-state index is 0.325. The van der Waals surface area contributed by atoms with Crippen molar-refractivity contribution in [2.24, 2.45) is 0 Å². The minimum Gasteiger partial charge on any atom is -0.455 e. The Balaban J connectivity index is 1.30. The van der Waals surface area contributed by atoms with Gasteiger partial charge in [0.05, 0.1) is 0 Å². The molecule has 6 aromatic rings. The van der Waals surface area contributed by atoms with E-state index in [2.05, 4.69) is 116 Å². The summed E-state index contributed by atoms with van der Waals surface area (Å²) in [5, 5.41) is 2.33. The summed E-state index contributed by atoms with van der Waals surface area (Å²) in [6.07, 6.45) is 0. The Labute approximate surface area is 193 Å². The second-order valence-electron chi connectivity index (χ2n) is 8.61. The molecule has 0 N–H and O–H groups in total. The third kappa shape index (κ3) is 3.52. The van der Waals surface area contributed by atoms with Gasteiger partial charge in [-0.15, -0.1) is 0 Å². The van der Waals surface area contributed by atoms with E-state index in [1.807, 2.05) is 12.1 Å². The van der Waals surface area contributed by atoms with Crippen molar-refractivity contribution < 1.29 is 4.42 Å². The molecule has 33 heavy (non-hydrogen) atoms. The van der Waals surface area contributed by atoms with Crippen LogP contribution < -0.4 is 0 Å². The summed E-state index contributed by atoms with van der Waals surface area (Å²) in [4.78, 5) is 0. The third-order valence-corrected chi connectivity index (χ3v) is 6.64. The second-order valence-corrected chi connectivity index (χ2v) is 8.61. The van der Waals surface area contributed by atoms with Crippen LogP contribution in [0.5, 0.6) is 0 Å². The Kier molecular flexibility index (Phi) is 4.81. The summed E-state index contributed by atoms with van der Waals surface area (Å²) < 4.78 is 6.23. The molecule has 1 atom stereocenters. The lowest BCUT2D eigenvalue weighted by Gasteiger charge is -2.14. The van der Waals surface area contributed by atoms with E-state index in [1.165, 1.54) is 38.6 Å². The Morgan fingerprint density at radius 2 is 1.06 bits per heavy atom. The maximum Gasteiger partial charge on any atom is 0.143 e. The first-order chi connectivity index (χ1) is 16.3. The van der Waals surface area contributed by atoms with Gasteiger partial charge in [0.25, 0.3) is 0 Å². The number of para-hydroxylation sites is 2. The van der Waals surface area contributed by atoms with Crippen LogP contribution in [0.15, 0.2) is 126 Å². The molecule has 0 bridgehead atoms. The summed E-state index contributed by atoms with van der Waals surface area (Å²) >= 11 is 0. The average molecular weight is 425 g/mol. The van der Waals surface area contributed by atoms with Gasteiger partial charge in [-0.1, -0.05) is 122 Å². The lowest BCUT2D eigenvalue weighted by Crippen LogP contribution is -1.96. The highest BCUT2D eigenvalue weighted by molar-refractivity contribution is 6.09. The number of furan rings is 1. The SMILES string of the molecule is CC(c1ccc(-c2ccccc2)cc1)c1ccc(-c2cccc3c2oc2ccccc23)cc1. The molecule has 0 spiro atoms. The van der Waals surface area contributed by atoms with Crippen molar-refractivity contribution in [2.45, 2.75) is 12.8 Å². The van der Waals surface area contributed by atoms with Gasteiger partial charge in [-0.2, -0.15) is 0 Å². The van der Waals surface area contributed by atoms with Crippen molar-refractivity contribution in [3.63, 3.8) is 0 Å². The van der Waals surface area contributed by atoms with Crippen LogP contribution in [0, 0.1) is 0 Å². The van der Waals surface area contributed by atoms with Crippen LogP contribution in [0.1, 0.15) is 24.0 Å². The minimum absolute atomic E-state index is 0.325. The van der Waals surface area contributed by atoms with E-state index in [0.29, 0.717) is 5.92 Å². The Morgan fingerprint density at radius 3 is 1.79 bits per heavy atom. The highest BCUT2D eigenvalue weighted by Gasteiger charge is 2.13. The molecule has 5 aromatic carbocycles. The molecule has 0 saturated heterocycles. The number of hydrogen-bond donors (Lipinski definition) is 0. The first-order valence-electron chi connectivity index (χ1n) is 11.4. The van der Waals surface area contributed by atoms with E-state index in [1.54, 1.807) is 0 Å². The van der Waals surface area contributed by atoms with Gasteiger partial charge in [-0.25, -0.2) is 0 Å². The predicted octanol–water partition coefficient (Wildman–Crippen LogP) is 9.07. The van der Waals surface area contributed by atoms with Crippen molar-refractivity contribution in [1.29, 1.82) is 0 Å². The molecule has 1 heteroatoms. The topological polar surface area (TPSA) is 13.1 Å². The van der Waals surface area contributed by atoms with Crippen molar-refractivity contribution in [2.75, 3.05) is 0 Å². The van der Waals surface area contributed by atoms with Crippen LogP contribution in [0.4, 0.5) is 0 Å². The van der Waals surface area contributed by atoms with Crippen molar-refractivity contribution in [3.05, 3.63) is 132 Å². The smallest absolute Gasteiger partial charge is 0.143 e. The maximum atomic E-state index is 6.23. The van der Waals surface area contributed by atoms with Crippen LogP contribution in [0.3, 0.4) is 0 Å². The van der Waals surface area contributed by atoms with E-state index in [4.69, 9.17) is 4.42 Å². The van der Waals surface area contributed by atoms with E-state index in [9.17, 15) is 0 Å². The molecule has 0 aliphatic heterocycles. The molecular weight excluding hydrogens is 400 g/mol. The highest BCUT2D eigenvalue weighted by Crippen LogP contribution is 2.36. The third-order valence-electron chi connectivity index (χ3n) is 6.64. The van der Waals surface area contributed by atoms with E-state index in [-0.39, 0.29) is 0 Å². The molecule has 0 aliphatic carbocycles. The lowest BCUT2D eigenvalue weighted by molar-refractivity contribution is 0.670. The molecule has 0 saturated carbocycles. The Bertz CT molecular complexity index is 1540. The largest absolute Gasteiger partial charge is 0.455 e. The van der Waals surface area contributed by atoms with Gasteiger partial charge in [0.2, 0.25) is 0 Å². The predicted molar refractivity (Wildman–Crippen MR) is 139 cm³/mol. The fourth-order valence-electron chi connectivity index (χ4n) is 4.71. The molecule has 1 heterocycles. The van der Waals surface area contributed by atoms with Gasteiger partial charge < -0.3 is 4.42 Å². The van der Waals surface area contributed by atoms with Crippen LogP contribution in [0.2, 0.25) is 0 Å². The van der Waals surface area contributed by atoms with Crippen LogP contribution in [-0.2, 0) is 0 Å². The molecule has 1 nitrogen and oxygen atoms in total. The van der Waals surface area contributed by atoms with Crippen molar-refractivity contribution >= 4 is 21.9 Å². The summed E-state index contributed by atoms with van der Waals surface area (Å²) in [7, 11) is 0. The van der Waals surface area contributed by atoms with E-state index >= 15 is 0 Å². The van der Waals surface area contributed by atoms with Gasteiger partial charge in [-0.3, -0.25) is 0 Å². The van der Waals surface area contributed by atoms with Gasteiger partial charge in [-0.05, 0) is 33.9 Å². The number of rotatable bonds is 4. The monoisotopic (exact) mass is 424 g/mol. The molecule has 0 fully saturated rings. The van der Waals surface area contributed by atoms with Crippen molar-refractivity contribution in [1.82, 2.24) is 0 Å². The van der Waals surface area contributed by atoms with Crippen LogP contribution in [-0.4, -0.2) is 0 Å². The van der Waals surface area contributed by atoms with Crippen molar-refractivity contribution in [3.8, 4) is 22.3 Å². The lowest BCUT2D eigenvalue weighted by atomic mass is 9.90. The molecule has 1 aromatic heterocycles. The maximum absolute atomic E-state index is 6.23. The molecule has 0 amide bonds. The number of hydrogen-bond acceptors (Lipinski definition) is 1. The standard InChI is InChI=1S/C32H24O/c1-22(23-14-18-26(19-15-23)25-8-3-2-4-9-25)24-16-20-27(21-17-24)28-11-7-12-30-29-10-5-6-13-31(29)33-32(28)30/h2-22H,1H3. The van der Waals surface area contributed by atoms with Crippen LogP contribution >= 0.6 is 0 Å². The fourth-order valence-corrected chi connectivity index (χ4v) is 4.71. The van der Waals surface area contributed by atoms with Gasteiger partial charge in [0.15, 0.2) is 0 Å². The Morgan fingerprint density at radius 1 is 0.485 bits per heavy atom. The van der Waals surface area contributed by atoms with Gasteiger partial charge >= 0.3 is 0 Å². The van der Waals surface area contributed by atoms with Gasteiger partial charge in [0.1, 0.15) is 11.2 Å². The molecule has 6 rings (SSSR count). The molecule has 0 aliphatic rings. The van der Waals surface area contributed by atoms with E-state index < -0.39 is 0 Å². The molecule has 1 unspecified atom stereocenters. The molecular formula is C32H24O. The van der Waals surface area contributed by atoms with Gasteiger partial charge in [0, 0.05) is 22.3 Å².